The van der Waals surface area contributed by atoms with Crippen LogP contribution in [0.4, 0.5) is 4.39 Å². The SMILES string of the molecule is COC1(c2ccnc(C(N)=O)c2)[C@@H]2CCC[C@H]1CN(CC1(F)CCOCC1)C2.Cl. The molecule has 6 nitrogen and oxygen atoms in total. The molecule has 1 unspecified atom stereocenters. The van der Waals surface area contributed by atoms with E-state index in [1.807, 2.05) is 6.07 Å². The maximum atomic E-state index is 15.3. The number of nitrogens with two attached hydrogens (primary N) is 1. The first-order valence-electron chi connectivity index (χ1n) is 10.3. The Bertz CT molecular complexity index is 715. The van der Waals surface area contributed by atoms with Gasteiger partial charge in [-0.05, 0) is 30.5 Å². The van der Waals surface area contributed by atoms with Gasteiger partial charge in [-0.2, -0.15) is 0 Å². The second kappa shape index (κ2) is 8.84. The third kappa shape index (κ3) is 4.15. The predicted octanol–water partition coefficient (Wildman–Crippen LogP) is 2.69. The fourth-order valence-corrected chi connectivity index (χ4v) is 5.68. The van der Waals surface area contributed by atoms with E-state index in [0.717, 1.165) is 37.9 Å². The van der Waals surface area contributed by atoms with E-state index in [-0.39, 0.29) is 29.9 Å². The van der Waals surface area contributed by atoms with Crippen molar-refractivity contribution in [2.75, 3.05) is 40.0 Å². The van der Waals surface area contributed by atoms with Crippen LogP contribution in [0.15, 0.2) is 18.3 Å². The summed E-state index contributed by atoms with van der Waals surface area (Å²) in [6, 6.07) is 3.72. The lowest BCUT2D eigenvalue weighted by Crippen LogP contribution is -2.61. The Kier molecular flexibility index (Phi) is 6.83. The third-order valence-corrected chi connectivity index (χ3v) is 6.97. The summed E-state index contributed by atoms with van der Waals surface area (Å²) in [5, 5.41) is 0. The number of likely N-dealkylation sites (tertiary alicyclic amines) is 1. The van der Waals surface area contributed by atoms with Crippen molar-refractivity contribution in [1.29, 1.82) is 0 Å². The number of methoxy groups -OCH3 is 1. The number of piperidine rings is 1. The van der Waals surface area contributed by atoms with E-state index in [9.17, 15) is 4.79 Å². The number of hydrogen-bond donors (Lipinski definition) is 1. The van der Waals surface area contributed by atoms with Crippen molar-refractivity contribution >= 4 is 18.3 Å². The highest BCUT2D eigenvalue weighted by Crippen LogP contribution is 2.51. The van der Waals surface area contributed by atoms with E-state index in [4.69, 9.17) is 15.2 Å². The first-order valence-corrected chi connectivity index (χ1v) is 10.3. The van der Waals surface area contributed by atoms with Crippen LogP contribution in [0.1, 0.15) is 48.2 Å². The largest absolute Gasteiger partial charge is 0.381 e. The summed E-state index contributed by atoms with van der Waals surface area (Å²) in [7, 11) is 1.75. The van der Waals surface area contributed by atoms with Crippen LogP contribution >= 0.6 is 12.4 Å². The topological polar surface area (TPSA) is 77.7 Å². The molecule has 3 fully saturated rings. The van der Waals surface area contributed by atoms with Crippen molar-refractivity contribution in [3.8, 4) is 0 Å². The molecule has 4 rings (SSSR count). The van der Waals surface area contributed by atoms with Gasteiger partial charge in [0.1, 0.15) is 17.0 Å². The molecule has 3 atom stereocenters. The summed E-state index contributed by atoms with van der Waals surface area (Å²) in [5.41, 5.74) is 5.05. The number of primary amides is 1. The summed E-state index contributed by atoms with van der Waals surface area (Å²) in [6.07, 6.45) is 5.78. The van der Waals surface area contributed by atoms with E-state index in [1.165, 1.54) is 0 Å². The lowest BCUT2D eigenvalue weighted by Gasteiger charge is -2.56. The van der Waals surface area contributed by atoms with Gasteiger partial charge in [-0.15, -0.1) is 12.4 Å². The Morgan fingerprint density at radius 1 is 1.34 bits per heavy atom. The second-order valence-corrected chi connectivity index (χ2v) is 8.57. The molecule has 2 N–H and O–H groups in total. The number of carbonyl (C=O) groups excluding carboxylic acids is 1. The first kappa shape index (κ1) is 22.4. The monoisotopic (exact) mass is 427 g/mol. The molecule has 3 heterocycles. The number of fused-ring (bicyclic) bond motifs is 2. The number of aromatic nitrogens is 1. The van der Waals surface area contributed by atoms with Gasteiger partial charge in [0, 0.05) is 70.8 Å². The number of carbonyl (C=O) groups is 1. The van der Waals surface area contributed by atoms with E-state index >= 15 is 4.39 Å². The average molecular weight is 428 g/mol. The van der Waals surface area contributed by atoms with Gasteiger partial charge >= 0.3 is 0 Å². The Hall–Kier alpha value is -1.28. The van der Waals surface area contributed by atoms with Crippen LogP contribution in [0.25, 0.3) is 0 Å². The average Bonchev–Trinajstić information content (AvgIpc) is 2.67. The lowest BCUT2D eigenvalue weighted by molar-refractivity contribution is -0.175. The second-order valence-electron chi connectivity index (χ2n) is 8.57. The molecule has 0 radical (unpaired) electrons. The fraction of sp³-hybridized carbons (Fsp3) is 0.714. The third-order valence-electron chi connectivity index (χ3n) is 6.97. The van der Waals surface area contributed by atoms with Gasteiger partial charge in [-0.1, -0.05) is 6.42 Å². The van der Waals surface area contributed by atoms with Crippen molar-refractivity contribution in [2.24, 2.45) is 17.6 Å². The van der Waals surface area contributed by atoms with Crippen LogP contribution in [-0.2, 0) is 15.1 Å². The lowest BCUT2D eigenvalue weighted by atomic mass is 9.62. The van der Waals surface area contributed by atoms with Gasteiger partial charge in [0.05, 0.1) is 0 Å². The Balaban J connectivity index is 0.00000240. The molecule has 162 valence electrons. The van der Waals surface area contributed by atoms with Gasteiger partial charge in [0.15, 0.2) is 0 Å². The molecule has 2 aliphatic heterocycles. The smallest absolute Gasteiger partial charge is 0.267 e. The van der Waals surface area contributed by atoms with Crippen LogP contribution in [0.5, 0.6) is 0 Å². The number of amides is 1. The molecule has 29 heavy (non-hydrogen) atoms. The van der Waals surface area contributed by atoms with E-state index in [2.05, 4.69) is 9.88 Å². The van der Waals surface area contributed by atoms with E-state index in [0.29, 0.717) is 32.6 Å². The highest BCUT2D eigenvalue weighted by molar-refractivity contribution is 5.90. The van der Waals surface area contributed by atoms with Crippen LogP contribution in [0, 0.1) is 11.8 Å². The van der Waals surface area contributed by atoms with Gasteiger partial charge in [-0.25, -0.2) is 4.39 Å². The van der Waals surface area contributed by atoms with Crippen molar-refractivity contribution < 1.29 is 18.7 Å². The maximum absolute atomic E-state index is 15.3. The molecule has 0 spiro atoms. The quantitative estimate of drug-likeness (QED) is 0.781. The number of halogens is 2. The van der Waals surface area contributed by atoms with E-state index in [1.54, 1.807) is 19.4 Å². The summed E-state index contributed by atoms with van der Waals surface area (Å²) in [5.74, 6) is -0.0391. The van der Waals surface area contributed by atoms with Crippen molar-refractivity contribution in [2.45, 2.75) is 43.4 Å². The molecule has 1 aromatic heterocycles. The maximum Gasteiger partial charge on any atom is 0.267 e. The zero-order valence-corrected chi connectivity index (χ0v) is 17.8. The molecule has 8 heteroatoms. The standard InChI is InChI=1S/C21H30FN3O3.ClH/c1-27-21(15-5-8-24-18(11-15)19(23)26)16-3-2-4-17(21)13-25(12-16)14-20(22)6-9-28-10-7-20;/h5,8,11,16-17H,2-4,6-7,9-10,12-14H2,1H3,(H2,23,26);1H/t16-,17+,21?;. The predicted molar refractivity (Wildman–Crippen MR) is 110 cm³/mol. The van der Waals surface area contributed by atoms with Crippen LogP contribution in [0.3, 0.4) is 0 Å². The van der Waals surface area contributed by atoms with Crippen molar-refractivity contribution in [3.63, 3.8) is 0 Å². The molecule has 1 amide bonds. The molecule has 1 saturated carbocycles. The fourth-order valence-electron chi connectivity index (χ4n) is 5.68. The molecule has 2 saturated heterocycles. The van der Waals surface area contributed by atoms with Gasteiger partial charge in [-0.3, -0.25) is 14.7 Å². The summed E-state index contributed by atoms with van der Waals surface area (Å²) in [4.78, 5) is 18.0. The van der Waals surface area contributed by atoms with Crippen molar-refractivity contribution in [1.82, 2.24) is 9.88 Å². The zero-order valence-electron chi connectivity index (χ0n) is 16.9. The minimum Gasteiger partial charge on any atom is -0.381 e. The summed E-state index contributed by atoms with van der Waals surface area (Å²) < 4.78 is 26.8. The molecule has 1 aromatic rings. The summed E-state index contributed by atoms with van der Waals surface area (Å²) in [6.45, 7) is 3.07. The number of ether oxygens (including phenoxy) is 2. The van der Waals surface area contributed by atoms with Gasteiger partial charge in [0.2, 0.25) is 0 Å². The van der Waals surface area contributed by atoms with Crippen molar-refractivity contribution in [3.05, 3.63) is 29.6 Å². The Morgan fingerprint density at radius 2 is 2.00 bits per heavy atom. The Morgan fingerprint density at radius 3 is 2.59 bits per heavy atom. The number of rotatable bonds is 5. The van der Waals surface area contributed by atoms with Crippen LogP contribution in [0.2, 0.25) is 0 Å². The molecule has 1 aliphatic carbocycles. The number of nitrogens with zero attached hydrogens (tertiary/aromatic N) is 2. The normalized spacial score (nSPS) is 31.7. The van der Waals surface area contributed by atoms with Gasteiger partial charge in [0.25, 0.3) is 5.91 Å². The number of pyridine rings is 1. The molecular weight excluding hydrogens is 397 g/mol. The highest BCUT2D eigenvalue weighted by Gasteiger charge is 2.54. The minimum atomic E-state index is -1.16. The van der Waals surface area contributed by atoms with Gasteiger partial charge < -0.3 is 15.2 Å². The molecule has 0 aromatic carbocycles. The number of hydrogen-bond acceptors (Lipinski definition) is 5. The zero-order chi connectivity index (χ0) is 19.8. The Labute approximate surface area is 177 Å². The van der Waals surface area contributed by atoms with E-state index < -0.39 is 17.2 Å². The number of alkyl halides is 1. The highest BCUT2D eigenvalue weighted by atomic mass is 35.5. The molecule has 3 aliphatic rings. The summed E-state index contributed by atoms with van der Waals surface area (Å²) >= 11 is 0. The van der Waals surface area contributed by atoms with Crippen LogP contribution in [-0.4, -0.2) is 61.4 Å². The first-order chi connectivity index (χ1) is 13.5. The molecular formula is C21H31ClFN3O3. The van der Waals surface area contributed by atoms with Crippen LogP contribution < -0.4 is 5.73 Å². The minimum absolute atomic E-state index is 0. The molecule has 2 bridgehead atoms.